The minimum atomic E-state index is 0.00829. The first-order valence-electron chi connectivity index (χ1n) is 7.69. The average Bonchev–Trinajstić information content (AvgIpc) is 3.21. The van der Waals surface area contributed by atoms with Crippen LogP contribution in [-0.2, 0) is 6.42 Å². The van der Waals surface area contributed by atoms with Crippen molar-refractivity contribution in [2.24, 2.45) is 5.73 Å². The molecule has 2 aromatic carbocycles. The van der Waals surface area contributed by atoms with Crippen LogP contribution in [0, 0.1) is 13.8 Å². The molecule has 1 atom stereocenters. The predicted octanol–water partition coefficient (Wildman–Crippen LogP) is 4.09. The molecule has 2 nitrogen and oxygen atoms in total. The summed E-state index contributed by atoms with van der Waals surface area (Å²) in [5.41, 5.74) is 11.4. The van der Waals surface area contributed by atoms with Crippen molar-refractivity contribution < 1.29 is 4.74 Å². The highest BCUT2D eigenvalue weighted by Crippen LogP contribution is 2.28. The third kappa shape index (κ3) is 3.85. The first kappa shape index (κ1) is 14.2. The summed E-state index contributed by atoms with van der Waals surface area (Å²) in [6.45, 7) is 4.26. The maximum Gasteiger partial charge on any atom is 0.120 e. The van der Waals surface area contributed by atoms with Crippen LogP contribution in [0.25, 0.3) is 0 Å². The second-order valence-electron chi connectivity index (χ2n) is 6.20. The summed E-state index contributed by atoms with van der Waals surface area (Å²) in [6.07, 6.45) is 3.64. The Labute approximate surface area is 126 Å². The fourth-order valence-corrected chi connectivity index (χ4v) is 2.76. The minimum Gasteiger partial charge on any atom is -0.490 e. The van der Waals surface area contributed by atoms with Gasteiger partial charge in [0.1, 0.15) is 5.75 Å². The summed E-state index contributed by atoms with van der Waals surface area (Å²) in [5.74, 6) is 0.950. The number of aryl methyl sites for hydroxylation is 2. The zero-order chi connectivity index (χ0) is 14.8. The minimum absolute atomic E-state index is 0.00829. The van der Waals surface area contributed by atoms with Gasteiger partial charge in [-0.15, -0.1) is 0 Å². The molecule has 2 heteroatoms. The van der Waals surface area contributed by atoms with Crippen molar-refractivity contribution in [1.29, 1.82) is 0 Å². The lowest BCUT2D eigenvalue weighted by molar-refractivity contribution is 0.302. The molecule has 0 saturated heterocycles. The smallest absolute Gasteiger partial charge is 0.120 e. The van der Waals surface area contributed by atoms with Crippen molar-refractivity contribution in [3.05, 3.63) is 64.7 Å². The van der Waals surface area contributed by atoms with Gasteiger partial charge >= 0.3 is 0 Å². The van der Waals surface area contributed by atoms with Crippen LogP contribution in [0.2, 0.25) is 0 Å². The van der Waals surface area contributed by atoms with E-state index >= 15 is 0 Å². The van der Waals surface area contributed by atoms with E-state index in [1.807, 2.05) is 12.1 Å². The summed E-state index contributed by atoms with van der Waals surface area (Å²) < 4.78 is 5.85. The van der Waals surface area contributed by atoms with Gasteiger partial charge in [0.05, 0.1) is 6.10 Å². The molecule has 1 saturated carbocycles. The Kier molecular flexibility index (Phi) is 3.98. The largest absolute Gasteiger partial charge is 0.490 e. The quantitative estimate of drug-likeness (QED) is 0.896. The Bertz CT molecular complexity index is 611. The van der Waals surface area contributed by atoms with Gasteiger partial charge in [0.15, 0.2) is 0 Å². The Balaban J connectivity index is 1.73. The van der Waals surface area contributed by atoms with E-state index in [1.54, 1.807) is 0 Å². The molecule has 0 amide bonds. The van der Waals surface area contributed by atoms with Gasteiger partial charge in [0, 0.05) is 6.04 Å². The van der Waals surface area contributed by atoms with Crippen LogP contribution in [0.4, 0.5) is 0 Å². The molecule has 1 unspecified atom stereocenters. The van der Waals surface area contributed by atoms with E-state index in [4.69, 9.17) is 10.5 Å². The highest BCUT2D eigenvalue weighted by atomic mass is 16.5. The Hall–Kier alpha value is -1.80. The Morgan fingerprint density at radius 3 is 2.48 bits per heavy atom. The van der Waals surface area contributed by atoms with Crippen molar-refractivity contribution in [3.63, 3.8) is 0 Å². The van der Waals surface area contributed by atoms with Crippen LogP contribution in [0.3, 0.4) is 0 Å². The second-order valence-corrected chi connectivity index (χ2v) is 6.20. The molecule has 0 aliphatic heterocycles. The molecule has 0 aromatic heterocycles. The van der Waals surface area contributed by atoms with Crippen LogP contribution in [-0.4, -0.2) is 6.10 Å². The lowest BCUT2D eigenvalue weighted by atomic mass is 9.97. The van der Waals surface area contributed by atoms with Gasteiger partial charge in [0.25, 0.3) is 0 Å². The number of rotatable bonds is 5. The van der Waals surface area contributed by atoms with Gasteiger partial charge in [-0.05, 0) is 56.4 Å². The molecule has 1 fully saturated rings. The van der Waals surface area contributed by atoms with E-state index < -0.39 is 0 Å². The molecule has 2 aromatic rings. The van der Waals surface area contributed by atoms with E-state index in [9.17, 15) is 0 Å². The zero-order valence-corrected chi connectivity index (χ0v) is 12.8. The van der Waals surface area contributed by atoms with Crippen LogP contribution < -0.4 is 10.5 Å². The van der Waals surface area contributed by atoms with E-state index in [2.05, 4.69) is 44.2 Å². The molecule has 0 spiro atoms. The van der Waals surface area contributed by atoms with Crippen molar-refractivity contribution in [2.75, 3.05) is 0 Å². The van der Waals surface area contributed by atoms with E-state index in [0.29, 0.717) is 6.10 Å². The molecule has 21 heavy (non-hydrogen) atoms. The fraction of sp³-hybridized carbons (Fsp3) is 0.368. The van der Waals surface area contributed by atoms with Crippen LogP contribution in [0.1, 0.15) is 41.1 Å². The number of nitrogens with two attached hydrogens (primary N) is 1. The standard InChI is InChI=1S/C19H23NO/c1-13-8-14(2)10-15(9-13)11-19(20)16-4-3-5-18(12-16)21-17-6-7-17/h3-5,8-10,12,17,19H,6-7,11,20H2,1-2H3. The van der Waals surface area contributed by atoms with E-state index in [1.165, 1.54) is 29.5 Å². The van der Waals surface area contributed by atoms with Gasteiger partial charge in [0.2, 0.25) is 0 Å². The van der Waals surface area contributed by atoms with Crippen LogP contribution in [0.15, 0.2) is 42.5 Å². The Morgan fingerprint density at radius 1 is 1.10 bits per heavy atom. The first-order valence-corrected chi connectivity index (χ1v) is 7.69. The number of hydrogen-bond donors (Lipinski definition) is 1. The van der Waals surface area contributed by atoms with Crippen molar-refractivity contribution in [2.45, 2.75) is 45.3 Å². The first-order chi connectivity index (χ1) is 10.1. The topological polar surface area (TPSA) is 35.2 Å². The van der Waals surface area contributed by atoms with Gasteiger partial charge < -0.3 is 10.5 Å². The molecule has 3 rings (SSSR count). The predicted molar refractivity (Wildman–Crippen MR) is 86.6 cm³/mol. The fourth-order valence-electron chi connectivity index (χ4n) is 2.76. The summed E-state index contributed by atoms with van der Waals surface area (Å²) >= 11 is 0. The van der Waals surface area contributed by atoms with Crippen molar-refractivity contribution >= 4 is 0 Å². The molecule has 110 valence electrons. The molecule has 2 N–H and O–H groups in total. The molecule has 1 aliphatic rings. The SMILES string of the molecule is Cc1cc(C)cc(CC(N)c2cccc(OC3CC3)c2)c1. The number of benzene rings is 2. The molecule has 1 aliphatic carbocycles. The summed E-state index contributed by atoms with van der Waals surface area (Å²) in [4.78, 5) is 0. The van der Waals surface area contributed by atoms with Gasteiger partial charge in [-0.2, -0.15) is 0 Å². The normalized spacial score (nSPS) is 15.8. The molecular formula is C19H23NO. The monoisotopic (exact) mass is 281 g/mol. The van der Waals surface area contributed by atoms with Gasteiger partial charge in [-0.25, -0.2) is 0 Å². The van der Waals surface area contributed by atoms with Crippen molar-refractivity contribution in [3.8, 4) is 5.75 Å². The highest BCUT2D eigenvalue weighted by molar-refractivity contribution is 5.34. The average molecular weight is 281 g/mol. The summed E-state index contributed by atoms with van der Waals surface area (Å²) in [6, 6.07) is 14.9. The summed E-state index contributed by atoms with van der Waals surface area (Å²) in [7, 11) is 0. The number of hydrogen-bond acceptors (Lipinski definition) is 2. The van der Waals surface area contributed by atoms with Gasteiger partial charge in [-0.1, -0.05) is 41.5 Å². The zero-order valence-electron chi connectivity index (χ0n) is 12.8. The maximum atomic E-state index is 6.39. The second kappa shape index (κ2) is 5.90. The highest BCUT2D eigenvalue weighted by Gasteiger charge is 2.23. The molecular weight excluding hydrogens is 258 g/mol. The maximum absolute atomic E-state index is 6.39. The van der Waals surface area contributed by atoms with Crippen molar-refractivity contribution in [1.82, 2.24) is 0 Å². The number of ether oxygens (including phenoxy) is 1. The Morgan fingerprint density at radius 2 is 1.81 bits per heavy atom. The molecule has 0 radical (unpaired) electrons. The lowest BCUT2D eigenvalue weighted by Crippen LogP contribution is -2.13. The lowest BCUT2D eigenvalue weighted by Gasteiger charge is -2.15. The van der Waals surface area contributed by atoms with Crippen LogP contribution in [0.5, 0.6) is 5.75 Å². The molecule has 0 bridgehead atoms. The van der Waals surface area contributed by atoms with E-state index in [-0.39, 0.29) is 6.04 Å². The third-order valence-electron chi connectivity index (χ3n) is 3.85. The molecule has 0 heterocycles. The van der Waals surface area contributed by atoms with Gasteiger partial charge in [-0.3, -0.25) is 0 Å². The third-order valence-corrected chi connectivity index (χ3v) is 3.85. The summed E-state index contributed by atoms with van der Waals surface area (Å²) in [5, 5.41) is 0. The van der Waals surface area contributed by atoms with E-state index in [0.717, 1.165) is 17.7 Å². The van der Waals surface area contributed by atoms with Crippen LogP contribution >= 0.6 is 0 Å².